The van der Waals surface area contributed by atoms with Gasteiger partial charge in [-0.1, -0.05) is 71.1 Å². The molecule has 0 aromatic heterocycles. The SMILES string of the molecule is CCCCCCCCCCCCCO[C@H](O)/C(O)=C(\O)[C@@H](CCO)O[C@H]1OC(CO)[C@@H](O)C(O)C1O. The van der Waals surface area contributed by atoms with Crippen LogP contribution in [0.15, 0.2) is 11.5 Å². The number of hydrogen-bond donors (Lipinski definition) is 8. The molecule has 1 aliphatic rings. The monoisotopic (exact) mass is 524 g/mol. The number of hydrogen-bond acceptors (Lipinski definition) is 11. The zero-order chi connectivity index (χ0) is 26.9. The molecule has 214 valence electrons. The number of aliphatic hydroxyl groups is 8. The van der Waals surface area contributed by atoms with E-state index in [1.165, 1.54) is 44.9 Å². The van der Waals surface area contributed by atoms with Gasteiger partial charge in [0.1, 0.15) is 30.5 Å². The molecule has 11 nitrogen and oxygen atoms in total. The molecule has 1 fully saturated rings. The highest BCUT2D eigenvalue weighted by Gasteiger charge is 2.45. The minimum absolute atomic E-state index is 0.160. The van der Waals surface area contributed by atoms with Crippen LogP contribution in [0.4, 0.5) is 0 Å². The molecule has 0 radical (unpaired) electrons. The third-order valence-electron chi connectivity index (χ3n) is 6.36. The Labute approximate surface area is 213 Å². The van der Waals surface area contributed by atoms with Crippen LogP contribution < -0.4 is 0 Å². The molecule has 7 atom stereocenters. The summed E-state index contributed by atoms with van der Waals surface area (Å²) in [4.78, 5) is 0. The minimum Gasteiger partial charge on any atom is -0.506 e. The maximum Gasteiger partial charge on any atom is 0.217 e. The first kappa shape index (κ1) is 33.0. The number of unbranched alkanes of at least 4 members (excludes halogenated alkanes) is 10. The molecule has 0 spiro atoms. The summed E-state index contributed by atoms with van der Waals surface area (Å²) in [6.45, 7) is 1.20. The molecular weight excluding hydrogens is 476 g/mol. The Hall–Kier alpha value is -1.02. The van der Waals surface area contributed by atoms with E-state index in [1.807, 2.05) is 0 Å². The smallest absolute Gasteiger partial charge is 0.217 e. The van der Waals surface area contributed by atoms with Gasteiger partial charge < -0.3 is 55.1 Å². The van der Waals surface area contributed by atoms with Crippen LogP contribution in [-0.2, 0) is 14.2 Å². The molecule has 0 amide bonds. The van der Waals surface area contributed by atoms with Crippen molar-refractivity contribution >= 4 is 0 Å². The van der Waals surface area contributed by atoms with Crippen molar-refractivity contribution < 1.29 is 55.1 Å². The van der Waals surface area contributed by atoms with Crippen LogP contribution in [0.25, 0.3) is 0 Å². The average Bonchev–Trinajstić information content (AvgIpc) is 2.88. The van der Waals surface area contributed by atoms with Crippen LogP contribution in [0.2, 0.25) is 0 Å². The highest BCUT2D eigenvalue weighted by molar-refractivity contribution is 5.07. The molecule has 1 heterocycles. The molecule has 1 saturated heterocycles. The van der Waals surface area contributed by atoms with E-state index in [9.17, 15) is 40.9 Å². The lowest BCUT2D eigenvalue weighted by molar-refractivity contribution is -0.311. The quantitative estimate of drug-likeness (QED) is 0.0655. The van der Waals surface area contributed by atoms with E-state index in [0.29, 0.717) is 6.42 Å². The normalized spacial score (nSPS) is 27.0. The van der Waals surface area contributed by atoms with Crippen molar-refractivity contribution in [2.24, 2.45) is 0 Å². The Morgan fingerprint density at radius 1 is 0.778 bits per heavy atom. The summed E-state index contributed by atoms with van der Waals surface area (Å²) in [6.07, 6.45) is 1.30. The highest BCUT2D eigenvalue weighted by atomic mass is 16.7. The molecule has 3 unspecified atom stereocenters. The van der Waals surface area contributed by atoms with Gasteiger partial charge in [-0.2, -0.15) is 0 Å². The van der Waals surface area contributed by atoms with E-state index in [1.54, 1.807) is 0 Å². The molecule has 0 aromatic carbocycles. The molecule has 36 heavy (non-hydrogen) atoms. The average molecular weight is 525 g/mol. The van der Waals surface area contributed by atoms with Gasteiger partial charge in [-0.3, -0.25) is 0 Å². The van der Waals surface area contributed by atoms with Gasteiger partial charge in [-0.15, -0.1) is 0 Å². The first-order valence-electron chi connectivity index (χ1n) is 13.3. The summed E-state index contributed by atoms with van der Waals surface area (Å²) in [7, 11) is 0. The lowest BCUT2D eigenvalue weighted by atomic mass is 9.99. The second-order valence-electron chi connectivity index (χ2n) is 9.36. The summed E-state index contributed by atoms with van der Waals surface area (Å²) in [5.74, 6) is -1.76. The van der Waals surface area contributed by atoms with Crippen LogP contribution in [-0.4, -0.2) is 104 Å². The van der Waals surface area contributed by atoms with Gasteiger partial charge in [0.2, 0.25) is 6.29 Å². The Balaban J connectivity index is 2.43. The van der Waals surface area contributed by atoms with Crippen LogP contribution >= 0.6 is 0 Å². The van der Waals surface area contributed by atoms with Crippen LogP contribution in [0.1, 0.15) is 84.0 Å². The first-order valence-corrected chi connectivity index (χ1v) is 13.3. The molecule has 0 aliphatic carbocycles. The van der Waals surface area contributed by atoms with Crippen LogP contribution in [0, 0.1) is 0 Å². The standard InChI is InChI=1S/C25H48O11/c1-2-3-4-5-6-7-8-9-10-11-12-15-34-24(33)22(31)19(28)17(13-14-26)35-25-23(32)21(30)20(29)18(16-27)36-25/h17-18,20-21,23-33H,2-16H2,1H3/b22-19+/t17-,18?,20-,21?,23?,24+,25+/m1/s1. The van der Waals surface area contributed by atoms with Crippen molar-refractivity contribution in [1.29, 1.82) is 0 Å². The third-order valence-corrected chi connectivity index (χ3v) is 6.36. The number of ether oxygens (including phenoxy) is 3. The Morgan fingerprint density at radius 2 is 1.33 bits per heavy atom. The largest absolute Gasteiger partial charge is 0.506 e. The van der Waals surface area contributed by atoms with E-state index in [0.717, 1.165) is 19.3 Å². The van der Waals surface area contributed by atoms with E-state index < -0.39 is 67.8 Å². The fourth-order valence-corrected chi connectivity index (χ4v) is 4.06. The fraction of sp³-hybridized carbons (Fsp3) is 0.920. The zero-order valence-corrected chi connectivity index (χ0v) is 21.5. The van der Waals surface area contributed by atoms with Crippen molar-refractivity contribution in [2.45, 2.75) is 127 Å². The van der Waals surface area contributed by atoms with Crippen molar-refractivity contribution in [3.63, 3.8) is 0 Å². The lowest BCUT2D eigenvalue weighted by Crippen LogP contribution is -2.59. The molecule has 0 aromatic rings. The molecule has 1 rings (SSSR count). The fourth-order valence-electron chi connectivity index (χ4n) is 4.06. The van der Waals surface area contributed by atoms with E-state index in [4.69, 9.17) is 14.2 Å². The molecular formula is C25H48O11. The van der Waals surface area contributed by atoms with E-state index in [2.05, 4.69) is 6.92 Å². The summed E-state index contributed by atoms with van der Waals surface area (Å²) >= 11 is 0. The minimum atomic E-state index is -1.83. The molecule has 8 N–H and O–H groups in total. The summed E-state index contributed by atoms with van der Waals surface area (Å²) in [6, 6.07) is 0. The van der Waals surface area contributed by atoms with Crippen molar-refractivity contribution in [3.05, 3.63) is 11.5 Å². The van der Waals surface area contributed by atoms with Gasteiger partial charge in [-0.05, 0) is 6.42 Å². The van der Waals surface area contributed by atoms with Gasteiger partial charge in [-0.25, -0.2) is 0 Å². The number of rotatable bonds is 20. The third kappa shape index (κ3) is 11.6. The Bertz CT molecular complexity index is 586. The van der Waals surface area contributed by atoms with Gasteiger partial charge >= 0.3 is 0 Å². The summed E-state index contributed by atoms with van der Waals surface area (Å²) in [5.41, 5.74) is 0. The summed E-state index contributed by atoms with van der Waals surface area (Å²) < 4.78 is 15.8. The molecule has 1 aliphatic heterocycles. The predicted molar refractivity (Wildman–Crippen MR) is 131 cm³/mol. The maximum absolute atomic E-state index is 10.4. The summed E-state index contributed by atoms with van der Waals surface area (Å²) in [5, 5.41) is 79.1. The molecule has 11 heteroatoms. The van der Waals surface area contributed by atoms with E-state index >= 15 is 0 Å². The second kappa shape index (κ2) is 19.1. The van der Waals surface area contributed by atoms with Crippen molar-refractivity contribution in [3.8, 4) is 0 Å². The van der Waals surface area contributed by atoms with Crippen LogP contribution in [0.3, 0.4) is 0 Å². The van der Waals surface area contributed by atoms with Gasteiger partial charge in [0.15, 0.2) is 17.8 Å². The van der Waals surface area contributed by atoms with Crippen molar-refractivity contribution in [1.82, 2.24) is 0 Å². The topological polar surface area (TPSA) is 190 Å². The van der Waals surface area contributed by atoms with Gasteiger partial charge in [0.05, 0.1) is 13.2 Å². The zero-order valence-electron chi connectivity index (χ0n) is 21.5. The predicted octanol–water partition coefficient (Wildman–Crippen LogP) is 1.53. The van der Waals surface area contributed by atoms with Gasteiger partial charge in [0, 0.05) is 13.0 Å². The Morgan fingerprint density at radius 3 is 1.86 bits per heavy atom. The van der Waals surface area contributed by atoms with Gasteiger partial charge in [0.25, 0.3) is 0 Å². The van der Waals surface area contributed by atoms with E-state index in [-0.39, 0.29) is 13.0 Å². The highest BCUT2D eigenvalue weighted by Crippen LogP contribution is 2.26. The second-order valence-corrected chi connectivity index (χ2v) is 9.36. The Kier molecular flexibility index (Phi) is 17.5. The maximum atomic E-state index is 10.4. The van der Waals surface area contributed by atoms with Crippen LogP contribution in [0.5, 0.6) is 0 Å². The van der Waals surface area contributed by atoms with Crippen molar-refractivity contribution in [2.75, 3.05) is 19.8 Å². The number of aliphatic hydroxyl groups excluding tert-OH is 8. The molecule has 0 saturated carbocycles. The molecule has 0 bridgehead atoms. The lowest BCUT2D eigenvalue weighted by Gasteiger charge is -2.40. The first-order chi connectivity index (χ1) is 17.3.